The highest BCUT2D eigenvalue weighted by Crippen LogP contribution is 2.26. The van der Waals surface area contributed by atoms with Crippen LogP contribution in [0.4, 0.5) is 5.69 Å². The van der Waals surface area contributed by atoms with Gasteiger partial charge in [-0.15, -0.1) is 0 Å². The van der Waals surface area contributed by atoms with Gasteiger partial charge in [0.1, 0.15) is 22.8 Å². The number of amides is 1. The third-order valence-corrected chi connectivity index (χ3v) is 5.68. The van der Waals surface area contributed by atoms with E-state index in [1.165, 1.54) is 6.07 Å². The number of aryl methyl sites for hydroxylation is 2. The molecule has 5 heteroatoms. The van der Waals surface area contributed by atoms with Crippen molar-refractivity contribution >= 4 is 22.6 Å². The summed E-state index contributed by atoms with van der Waals surface area (Å²) in [4.78, 5) is 25.4. The molecule has 172 valence electrons. The molecular weight excluding hydrogens is 438 g/mol. The zero-order valence-electron chi connectivity index (χ0n) is 19.4. The minimum Gasteiger partial charge on any atom is -0.457 e. The maximum absolute atomic E-state index is 12.7. The van der Waals surface area contributed by atoms with Crippen molar-refractivity contribution in [3.8, 4) is 22.8 Å². The van der Waals surface area contributed by atoms with Gasteiger partial charge in [-0.2, -0.15) is 0 Å². The van der Waals surface area contributed by atoms with E-state index in [-0.39, 0.29) is 11.3 Å². The molecule has 5 aromatic rings. The summed E-state index contributed by atoms with van der Waals surface area (Å²) in [7, 11) is 0. The molecule has 35 heavy (non-hydrogen) atoms. The molecule has 0 saturated carbocycles. The molecule has 0 aliphatic carbocycles. The molecule has 0 bridgehead atoms. The zero-order chi connectivity index (χ0) is 24.4. The summed E-state index contributed by atoms with van der Waals surface area (Å²) < 4.78 is 11.8. The largest absolute Gasteiger partial charge is 0.457 e. The summed E-state index contributed by atoms with van der Waals surface area (Å²) in [5, 5.41) is 3.46. The van der Waals surface area contributed by atoms with Crippen LogP contribution in [0.1, 0.15) is 21.5 Å². The van der Waals surface area contributed by atoms with Gasteiger partial charge in [0.2, 0.25) is 0 Å². The first-order valence-corrected chi connectivity index (χ1v) is 11.3. The minimum atomic E-state index is -0.237. The number of ether oxygens (including phenoxy) is 1. The first-order chi connectivity index (χ1) is 17.0. The van der Waals surface area contributed by atoms with Crippen LogP contribution in [0.2, 0.25) is 0 Å². The van der Waals surface area contributed by atoms with E-state index in [9.17, 15) is 9.59 Å². The lowest BCUT2D eigenvalue weighted by molar-refractivity contribution is 0.102. The van der Waals surface area contributed by atoms with Gasteiger partial charge in [0.15, 0.2) is 5.43 Å². The van der Waals surface area contributed by atoms with Gasteiger partial charge >= 0.3 is 0 Å². The van der Waals surface area contributed by atoms with Gasteiger partial charge in [0.05, 0.1) is 5.39 Å². The van der Waals surface area contributed by atoms with Crippen molar-refractivity contribution in [3.63, 3.8) is 0 Å². The molecule has 5 rings (SSSR count). The Kier molecular flexibility index (Phi) is 5.90. The number of anilines is 1. The molecule has 0 aliphatic heterocycles. The van der Waals surface area contributed by atoms with Crippen LogP contribution in [0.3, 0.4) is 0 Å². The Morgan fingerprint density at radius 1 is 0.800 bits per heavy atom. The summed E-state index contributed by atoms with van der Waals surface area (Å²) in [6, 6.07) is 29.0. The van der Waals surface area contributed by atoms with E-state index in [4.69, 9.17) is 9.15 Å². The molecule has 0 atom stereocenters. The number of carbonyl (C=O) groups is 1. The SMILES string of the molecule is Cc1cc(C)c2oc(-c3ccc(C(=O)Nc4ccc(Oc5ccccc5)cc4)cc3)cc(=O)c2c1. The van der Waals surface area contributed by atoms with E-state index in [0.29, 0.717) is 33.7 Å². The van der Waals surface area contributed by atoms with Crippen molar-refractivity contribution < 1.29 is 13.9 Å². The second-order valence-corrected chi connectivity index (χ2v) is 8.40. The Balaban J connectivity index is 1.31. The van der Waals surface area contributed by atoms with E-state index < -0.39 is 0 Å². The minimum absolute atomic E-state index is 0.0884. The summed E-state index contributed by atoms with van der Waals surface area (Å²) in [6.07, 6.45) is 0. The van der Waals surface area contributed by atoms with Gasteiger partial charge in [-0.05, 0) is 79.6 Å². The van der Waals surface area contributed by atoms with Gasteiger partial charge in [-0.1, -0.05) is 36.4 Å². The van der Waals surface area contributed by atoms with Gasteiger partial charge in [-0.25, -0.2) is 0 Å². The highest BCUT2D eigenvalue weighted by atomic mass is 16.5. The van der Waals surface area contributed by atoms with Gasteiger partial charge in [0, 0.05) is 22.9 Å². The number of carbonyl (C=O) groups excluding carboxylic acids is 1. The van der Waals surface area contributed by atoms with E-state index >= 15 is 0 Å². The lowest BCUT2D eigenvalue weighted by Crippen LogP contribution is -2.11. The topological polar surface area (TPSA) is 68.5 Å². The highest BCUT2D eigenvalue weighted by molar-refractivity contribution is 6.04. The van der Waals surface area contributed by atoms with Gasteiger partial charge in [-0.3, -0.25) is 9.59 Å². The van der Waals surface area contributed by atoms with Crippen LogP contribution >= 0.6 is 0 Å². The highest BCUT2D eigenvalue weighted by Gasteiger charge is 2.12. The number of para-hydroxylation sites is 1. The van der Waals surface area contributed by atoms with E-state index in [0.717, 1.165) is 22.4 Å². The Morgan fingerprint density at radius 2 is 1.49 bits per heavy atom. The molecule has 0 spiro atoms. The van der Waals surface area contributed by atoms with Crippen LogP contribution < -0.4 is 15.5 Å². The van der Waals surface area contributed by atoms with E-state index in [1.807, 2.05) is 56.3 Å². The number of benzene rings is 4. The van der Waals surface area contributed by atoms with Crippen molar-refractivity contribution in [2.45, 2.75) is 13.8 Å². The quantitative estimate of drug-likeness (QED) is 0.302. The molecule has 4 aromatic carbocycles. The number of fused-ring (bicyclic) bond motifs is 1. The van der Waals surface area contributed by atoms with Crippen LogP contribution in [0.25, 0.3) is 22.3 Å². The second kappa shape index (κ2) is 9.31. The van der Waals surface area contributed by atoms with Crippen LogP contribution in [-0.2, 0) is 0 Å². The number of hydrogen-bond acceptors (Lipinski definition) is 4. The fourth-order valence-corrected chi connectivity index (χ4v) is 3.97. The fraction of sp³-hybridized carbons (Fsp3) is 0.0667. The first-order valence-electron chi connectivity index (χ1n) is 11.3. The molecule has 0 fully saturated rings. The van der Waals surface area contributed by atoms with Gasteiger partial charge in [0.25, 0.3) is 5.91 Å². The third-order valence-electron chi connectivity index (χ3n) is 5.68. The maximum atomic E-state index is 12.7. The Labute approximate surface area is 202 Å². The van der Waals surface area contributed by atoms with Crippen molar-refractivity contribution in [2.75, 3.05) is 5.32 Å². The average Bonchev–Trinajstić information content (AvgIpc) is 2.86. The molecule has 0 unspecified atom stereocenters. The molecule has 1 amide bonds. The van der Waals surface area contributed by atoms with E-state index in [1.54, 1.807) is 48.5 Å². The summed E-state index contributed by atoms with van der Waals surface area (Å²) in [5.41, 5.74) is 4.30. The maximum Gasteiger partial charge on any atom is 0.255 e. The third kappa shape index (κ3) is 4.84. The van der Waals surface area contributed by atoms with Crippen LogP contribution in [0.15, 0.2) is 106 Å². The standard InChI is InChI=1S/C30H23NO4/c1-19-16-20(2)29-26(17-19)27(32)18-28(35-29)21-8-10-22(11-9-21)30(33)31-23-12-14-25(15-13-23)34-24-6-4-3-5-7-24/h3-18H,1-2H3,(H,31,33). The average molecular weight is 462 g/mol. The number of hydrogen-bond donors (Lipinski definition) is 1. The van der Waals surface area contributed by atoms with Crippen molar-refractivity contribution in [1.29, 1.82) is 0 Å². The first kappa shape index (κ1) is 22.2. The summed E-state index contributed by atoms with van der Waals surface area (Å²) >= 11 is 0. The smallest absolute Gasteiger partial charge is 0.255 e. The molecule has 0 aliphatic rings. The second-order valence-electron chi connectivity index (χ2n) is 8.40. The van der Waals surface area contributed by atoms with Crippen LogP contribution in [0, 0.1) is 13.8 Å². The molecular formula is C30H23NO4. The Bertz CT molecular complexity index is 1570. The van der Waals surface area contributed by atoms with Crippen LogP contribution in [0.5, 0.6) is 11.5 Å². The summed E-state index contributed by atoms with van der Waals surface area (Å²) in [5.74, 6) is 1.66. The monoisotopic (exact) mass is 461 g/mol. The van der Waals surface area contributed by atoms with Crippen LogP contribution in [-0.4, -0.2) is 5.91 Å². The van der Waals surface area contributed by atoms with Crippen molar-refractivity contribution in [1.82, 2.24) is 0 Å². The Hall–Kier alpha value is -4.64. The van der Waals surface area contributed by atoms with E-state index in [2.05, 4.69) is 5.32 Å². The molecule has 5 nitrogen and oxygen atoms in total. The zero-order valence-corrected chi connectivity index (χ0v) is 19.4. The van der Waals surface area contributed by atoms with Crippen molar-refractivity contribution in [2.24, 2.45) is 0 Å². The number of nitrogens with one attached hydrogen (secondary N) is 1. The van der Waals surface area contributed by atoms with Crippen molar-refractivity contribution in [3.05, 3.63) is 124 Å². The molecule has 1 aromatic heterocycles. The summed E-state index contributed by atoms with van der Waals surface area (Å²) in [6.45, 7) is 3.88. The lowest BCUT2D eigenvalue weighted by Gasteiger charge is -2.09. The molecule has 0 saturated heterocycles. The molecule has 0 radical (unpaired) electrons. The van der Waals surface area contributed by atoms with Gasteiger partial charge < -0.3 is 14.5 Å². The molecule has 1 heterocycles. The Morgan fingerprint density at radius 3 is 2.20 bits per heavy atom. The lowest BCUT2D eigenvalue weighted by atomic mass is 10.1. The normalized spacial score (nSPS) is 10.8. The predicted molar refractivity (Wildman–Crippen MR) is 138 cm³/mol. The fourth-order valence-electron chi connectivity index (χ4n) is 3.97. The molecule has 1 N–H and O–H groups in total. The predicted octanol–water partition coefficient (Wildman–Crippen LogP) is 7.12. The number of rotatable bonds is 5.